The van der Waals surface area contributed by atoms with E-state index in [-0.39, 0.29) is 5.82 Å². The van der Waals surface area contributed by atoms with Gasteiger partial charge in [0.25, 0.3) is 0 Å². The Labute approximate surface area is 113 Å². The van der Waals surface area contributed by atoms with Crippen LogP contribution in [-0.2, 0) is 17.9 Å². The Kier molecular flexibility index (Phi) is 4.53. The maximum atomic E-state index is 13.1. The molecule has 19 heavy (non-hydrogen) atoms. The summed E-state index contributed by atoms with van der Waals surface area (Å²) in [6.07, 6.45) is 0. The molecule has 3 heteroatoms. The minimum absolute atomic E-state index is 0.172. The molecule has 0 bridgehead atoms. The van der Waals surface area contributed by atoms with Crippen molar-refractivity contribution in [2.24, 2.45) is 0 Å². The zero-order valence-corrected chi connectivity index (χ0v) is 11.2. The van der Waals surface area contributed by atoms with E-state index in [9.17, 15) is 4.39 Å². The summed E-state index contributed by atoms with van der Waals surface area (Å²) in [6.45, 7) is 3.11. The highest BCUT2D eigenvalue weighted by atomic mass is 19.1. The van der Waals surface area contributed by atoms with Crippen LogP contribution in [0.4, 0.5) is 10.1 Å². The fraction of sp³-hybridized carbons (Fsp3) is 0.250. The van der Waals surface area contributed by atoms with E-state index < -0.39 is 0 Å². The van der Waals surface area contributed by atoms with Crippen LogP contribution in [0.25, 0.3) is 0 Å². The highest BCUT2D eigenvalue weighted by molar-refractivity contribution is 5.46. The fourth-order valence-corrected chi connectivity index (χ4v) is 1.88. The molecule has 0 radical (unpaired) electrons. The van der Waals surface area contributed by atoms with Crippen LogP contribution in [0.3, 0.4) is 0 Å². The largest absolute Gasteiger partial charge is 0.381 e. The van der Waals surface area contributed by atoms with E-state index in [0.717, 1.165) is 17.8 Å². The molecule has 2 rings (SSSR count). The van der Waals surface area contributed by atoms with Crippen molar-refractivity contribution < 1.29 is 9.13 Å². The van der Waals surface area contributed by atoms with E-state index in [1.807, 2.05) is 6.07 Å². The van der Waals surface area contributed by atoms with Crippen LogP contribution in [0.15, 0.2) is 42.5 Å². The smallest absolute Gasteiger partial charge is 0.126 e. The molecule has 0 aliphatic carbocycles. The Balaban J connectivity index is 1.96. The van der Waals surface area contributed by atoms with Gasteiger partial charge in [0.1, 0.15) is 5.82 Å². The Bertz CT molecular complexity index is 537. The zero-order chi connectivity index (χ0) is 13.7. The molecule has 0 saturated carbocycles. The van der Waals surface area contributed by atoms with Crippen LogP contribution in [-0.4, -0.2) is 7.11 Å². The van der Waals surface area contributed by atoms with E-state index >= 15 is 0 Å². The number of halogens is 1. The lowest BCUT2D eigenvalue weighted by Gasteiger charge is -2.08. The van der Waals surface area contributed by atoms with Gasteiger partial charge in [-0.25, -0.2) is 4.39 Å². The number of aryl methyl sites for hydroxylation is 1. The lowest BCUT2D eigenvalue weighted by molar-refractivity contribution is 0.185. The Morgan fingerprint density at radius 1 is 1.05 bits per heavy atom. The number of rotatable bonds is 5. The van der Waals surface area contributed by atoms with Gasteiger partial charge in [-0.15, -0.1) is 0 Å². The lowest BCUT2D eigenvalue weighted by atomic mass is 10.1. The summed E-state index contributed by atoms with van der Waals surface area (Å²) in [6, 6.07) is 13.3. The van der Waals surface area contributed by atoms with Crippen molar-refractivity contribution in [1.29, 1.82) is 0 Å². The van der Waals surface area contributed by atoms with Crippen LogP contribution in [0.5, 0.6) is 0 Å². The standard InChI is InChI=1S/C16H18FNO/c1-12-9-15(7-8-16(12)17)18-10-13-3-5-14(6-4-13)11-19-2/h3-9,18H,10-11H2,1-2H3. The van der Waals surface area contributed by atoms with Crippen LogP contribution in [0.2, 0.25) is 0 Å². The number of hydrogen-bond acceptors (Lipinski definition) is 2. The monoisotopic (exact) mass is 259 g/mol. The van der Waals surface area contributed by atoms with Crippen LogP contribution in [0.1, 0.15) is 16.7 Å². The van der Waals surface area contributed by atoms with Gasteiger partial charge in [-0.2, -0.15) is 0 Å². The number of anilines is 1. The van der Waals surface area contributed by atoms with E-state index in [1.165, 1.54) is 11.6 Å². The number of benzene rings is 2. The van der Waals surface area contributed by atoms with Crippen molar-refractivity contribution in [2.45, 2.75) is 20.1 Å². The van der Waals surface area contributed by atoms with Crippen molar-refractivity contribution in [1.82, 2.24) is 0 Å². The molecule has 2 nitrogen and oxygen atoms in total. The third kappa shape index (κ3) is 3.80. The van der Waals surface area contributed by atoms with Gasteiger partial charge < -0.3 is 10.1 Å². The summed E-state index contributed by atoms with van der Waals surface area (Å²) >= 11 is 0. The fourth-order valence-electron chi connectivity index (χ4n) is 1.88. The number of hydrogen-bond donors (Lipinski definition) is 1. The van der Waals surface area contributed by atoms with Gasteiger partial charge in [-0.05, 0) is 41.8 Å². The number of ether oxygens (including phenoxy) is 1. The molecule has 0 spiro atoms. The molecule has 2 aromatic rings. The molecule has 2 aromatic carbocycles. The third-order valence-corrected chi connectivity index (χ3v) is 2.99. The summed E-state index contributed by atoms with van der Waals surface area (Å²) < 4.78 is 18.2. The normalized spacial score (nSPS) is 10.5. The lowest BCUT2D eigenvalue weighted by Crippen LogP contribution is -2.00. The Morgan fingerprint density at radius 3 is 2.37 bits per heavy atom. The van der Waals surface area contributed by atoms with Crippen molar-refractivity contribution in [3.63, 3.8) is 0 Å². The Morgan fingerprint density at radius 2 is 1.74 bits per heavy atom. The number of nitrogens with one attached hydrogen (secondary N) is 1. The van der Waals surface area contributed by atoms with Crippen LogP contribution in [0, 0.1) is 12.7 Å². The summed E-state index contributed by atoms with van der Waals surface area (Å²) in [5.74, 6) is -0.172. The highest BCUT2D eigenvalue weighted by Crippen LogP contribution is 2.15. The van der Waals surface area contributed by atoms with Crippen LogP contribution >= 0.6 is 0 Å². The van der Waals surface area contributed by atoms with E-state index in [0.29, 0.717) is 12.2 Å². The first-order valence-electron chi connectivity index (χ1n) is 6.26. The summed E-state index contributed by atoms with van der Waals surface area (Å²) in [5, 5.41) is 3.28. The molecule has 0 unspecified atom stereocenters. The number of methoxy groups -OCH3 is 1. The summed E-state index contributed by atoms with van der Waals surface area (Å²) in [4.78, 5) is 0. The van der Waals surface area contributed by atoms with E-state index in [4.69, 9.17) is 4.74 Å². The molecular formula is C16H18FNO. The van der Waals surface area contributed by atoms with Crippen molar-refractivity contribution >= 4 is 5.69 Å². The predicted molar refractivity (Wildman–Crippen MR) is 75.6 cm³/mol. The molecule has 0 amide bonds. The molecule has 0 aliphatic rings. The van der Waals surface area contributed by atoms with Crippen molar-refractivity contribution in [3.8, 4) is 0 Å². The minimum atomic E-state index is -0.172. The third-order valence-electron chi connectivity index (χ3n) is 2.99. The molecule has 0 aromatic heterocycles. The average Bonchev–Trinajstić information content (AvgIpc) is 2.42. The van der Waals surface area contributed by atoms with Crippen LogP contribution < -0.4 is 5.32 Å². The maximum Gasteiger partial charge on any atom is 0.126 e. The van der Waals surface area contributed by atoms with Crippen molar-refractivity contribution in [2.75, 3.05) is 12.4 Å². The van der Waals surface area contributed by atoms with Gasteiger partial charge in [-0.3, -0.25) is 0 Å². The zero-order valence-electron chi connectivity index (χ0n) is 11.2. The maximum absolute atomic E-state index is 13.1. The molecule has 1 N–H and O–H groups in total. The van der Waals surface area contributed by atoms with Crippen molar-refractivity contribution in [3.05, 3.63) is 65.0 Å². The molecule has 0 aliphatic heterocycles. The molecule has 0 atom stereocenters. The van der Waals surface area contributed by atoms with Gasteiger partial charge in [0, 0.05) is 19.3 Å². The first-order valence-corrected chi connectivity index (χ1v) is 6.26. The topological polar surface area (TPSA) is 21.3 Å². The quantitative estimate of drug-likeness (QED) is 0.879. The average molecular weight is 259 g/mol. The molecule has 0 heterocycles. The predicted octanol–water partition coefficient (Wildman–Crippen LogP) is 3.89. The molecule has 0 saturated heterocycles. The van der Waals surface area contributed by atoms with Gasteiger partial charge in [0.05, 0.1) is 6.61 Å². The minimum Gasteiger partial charge on any atom is -0.381 e. The summed E-state index contributed by atoms with van der Waals surface area (Å²) in [7, 11) is 1.69. The van der Waals surface area contributed by atoms with Gasteiger partial charge in [-0.1, -0.05) is 24.3 Å². The van der Waals surface area contributed by atoms with Gasteiger partial charge >= 0.3 is 0 Å². The SMILES string of the molecule is COCc1ccc(CNc2ccc(F)c(C)c2)cc1. The van der Waals surface area contributed by atoms with E-state index in [1.54, 1.807) is 20.1 Å². The first kappa shape index (κ1) is 13.6. The van der Waals surface area contributed by atoms with Gasteiger partial charge in [0.15, 0.2) is 0 Å². The first-order chi connectivity index (χ1) is 9.19. The second-order valence-corrected chi connectivity index (χ2v) is 4.57. The van der Waals surface area contributed by atoms with E-state index in [2.05, 4.69) is 29.6 Å². The molecule has 0 fully saturated rings. The Hall–Kier alpha value is -1.87. The second-order valence-electron chi connectivity index (χ2n) is 4.57. The second kappa shape index (κ2) is 6.34. The molecule has 100 valence electrons. The highest BCUT2D eigenvalue weighted by Gasteiger charge is 1.99. The summed E-state index contributed by atoms with van der Waals surface area (Å²) in [5.41, 5.74) is 3.92. The van der Waals surface area contributed by atoms with Gasteiger partial charge in [0.2, 0.25) is 0 Å². The molecular weight excluding hydrogens is 241 g/mol.